The minimum absolute atomic E-state index is 0.542. The van der Waals surface area contributed by atoms with Gasteiger partial charge in [0.15, 0.2) is 0 Å². The molecule has 0 aliphatic carbocycles. The van der Waals surface area contributed by atoms with Gasteiger partial charge >= 0.3 is 0 Å². The second-order valence-electron chi connectivity index (χ2n) is 6.21. The molecule has 0 amide bonds. The predicted octanol–water partition coefficient (Wildman–Crippen LogP) is 3.31. The average molecular weight is 326 g/mol. The number of piperidine rings is 1. The summed E-state index contributed by atoms with van der Waals surface area (Å²) in [6, 6.07) is 0. The highest BCUT2D eigenvalue weighted by Crippen LogP contribution is 2.33. The van der Waals surface area contributed by atoms with E-state index in [9.17, 15) is 5.11 Å². The third-order valence-electron chi connectivity index (χ3n) is 4.15. The SMILES string of the molecule is Cc1sc2nc(CN3CCCC(C)(O)C3)nc(Cl)c2c1C. The maximum Gasteiger partial charge on any atom is 0.145 e. The number of nitrogens with zero attached hydrogens (tertiary/aromatic N) is 3. The van der Waals surface area contributed by atoms with Gasteiger partial charge in [0.05, 0.1) is 17.5 Å². The highest BCUT2D eigenvalue weighted by Gasteiger charge is 2.28. The van der Waals surface area contributed by atoms with Crippen molar-refractivity contribution in [2.24, 2.45) is 0 Å². The van der Waals surface area contributed by atoms with Gasteiger partial charge in [0.2, 0.25) is 0 Å². The molecule has 1 unspecified atom stereocenters. The first-order chi connectivity index (χ1) is 9.85. The summed E-state index contributed by atoms with van der Waals surface area (Å²) in [7, 11) is 0. The van der Waals surface area contributed by atoms with E-state index in [0.717, 1.165) is 35.4 Å². The number of halogens is 1. The molecule has 0 saturated carbocycles. The van der Waals surface area contributed by atoms with Crippen LogP contribution in [0.4, 0.5) is 0 Å². The van der Waals surface area contributed by atoms with Crippen molar-refractivity contribution in [1.82, 2.24) is 14.9 Å². The fraction of sp³-hybridized carbons (Fsp3) is 0.600. The first-order valence-corrected chi connectivity index (χ1v) is 8.42. The number of hydrogen-bond acceptors (Lipinski definition) is 5. The van der Waals surface area contributed by atoms with E-state index in [4.69, 9.17) is 11.6 Å². The Bertz CT molecular complexity index is 683. The van der Waals surface area contributed by atoms with Crippen molar-refractivity contribution >= 4 is 33.2 Å². The molecule has 1 saturated heterocycles. The van der Waals surface area contributed by atoms with Crippen LogP contribution in [0.3, 0.4) is 0 Å². The van der Waals surface area contributed by atoms with E-state index >= 15 is 0 Å². The molecule has 6 heteroatoms. The second kappa shape index (κ2) is 5.47. The molecular weight excluding hydrogens is 306 g/mol. The molecule has 1 aliphatic rings. The smallest absolute Gasteiger partial charge is 0.145 e. The first-order valence-electron chi connectivity index (χ1n) is 7.22. The van der Waals surface area contributed by atoms with Crippen molar-refractivity contribution in [3.63, 3.8) is 0 Å². The van der Waals surface area contributed by atoms with Gasteiger partial charge in [-0.2, -0.15) is 0 Å². The normalized spacial score (nSPS) is 23.9. The fourth-order valence-corrected chi connectivity index (χ4v) is 4.40. The van der Waals surface area contributed by atoms with Gasteiger partial charge < -0.3 is 5.11 Å². The molecular formula is C15H20ClN3OS. The Morgan fingerprint density at radius 1 is 1.38 bits per heavy atom. The summed E-state index contributed by atoms with van der Waals surface area (Å²) < 4.78 is 0. The highest BCUT2D eigenvalue weighted by atomic mass is 35.5. The summed E-state index contributed by atoms with van der Waals surface area (Å²) in [5.74, 6) is 0.742. The van der Waals surface area contributed by atoms with Gasteiger partial charge in [0.25, 0.3) is 0 Å². The summed E-state index contributed by atoms with van der Waals surface area (Å²) in [5, 5.41) is 11.7. The number of aliphatic hydroxyl groups is 1. The van der Waals surface area contributed by atoms with Crippen LogP contribution in [0, 0.1) is 13.8 Å². The number of fused-ring (bicyclic) bond motifs is 1. The lowest BCUT2D eigenvalue weighted by molar-refractivity contribution is -0.0188. The van der Waals surface area contributed by atoms with E-state index in [0.29, 0.717) is 18.2 Å². The molecule has 3 rings (SSSR count). The van der Waals surface area contributed by atoms with E-state index in [-0.39, 0.29) is 0 Å². The van der Waals surface area contributed by atoms with E-state index in [1.807, 2.05) is 6.92 Å². The molecule has 2 aromatic heterocycles. The molecule has 4 nitrogen and oxygen atoms in total. The maximum absolute atomic E-state index is 10.2. The molecule has 1 atom stereocenters. The van der Waals surface area contributed by atoms with Gasteiger partial charge in [-0.05, 0) is 45.7 Å². The quantitative estimate of drug-likeness (QED) is 0.861. The van der Waals surface area contributed by atoms with Crippen molar-refractivity contribution in [3.8, 4) is 0 Å². The average Bonchev–Trinajstić information content (AvgIpc) is 2.63. The minimum atomic E-state index is -0.609. The zero-order valence-electron chi connectivity index (χ0n) is 12.6. The lowest BCUT2D eigenvalue weighted by Crippen LogP contribution is -2.45. The summed E-state index contributed by atoms with van der Waals surface area (Å²) in [4.78, 5) is 13.5. The first kappa shape index (κ1) is 15.2. The van der Waals surface area contributed by atoms with Crippen LogP contribution in [0.1, 0.15) is 36.0 Å². The maximum atomic E-state index is 10.2. The Kier molecular flexibility index (Phi) is 3.94. The van der Waals surface area contributed by atoms with Crippen molar-refractivity contribution in [2.75, 3.05) is 13.1 Å². The van der Waals surface area contributed by atoms with E-state index in [2.05, 4.69) is 28.7 Å². The van der Waals surface area contributed by atoms with Crippen molar-refractivity contribution in [3.05, 3.63) is 21.4 Å². The third-order valence-corrected chi connectivity index (χ3v) is 5.52. The van der Waals surface area contributed by atoms with Crippen molar-refractivity contribution in [2.45, 2.75) is 45.8 Å². The largest absolute Gasteiger partial charge is 0.389 e. The summed E-state index contributed by atoms with van der Waals surface area (Å²) in [6.07, 6.45) is 1.85. The summed E-state index contributed by atoms with van der Waals surface area (Å²) >= 11 is 8.01. The van der Waals surface area contributed by atoms with E-state index < -0.39 is 5.60 Å². The monoisotopic (exact) mass is 325 g/mol. The Morgan fingerprint density at radius 3 is 2.86 bits per heavy atom. The molecule has 0 radical (unpaired) electrons. The summed E-state index contributed by atoms with van der Waals surface area (Å²) in [5.41, 5.74) is 0.565. The topological polar surface area (TPSA) is 49.2 Å². The van der Waals surface area contributed by atoms with Crippen LogP contribution in [0.15, 0.2) is 0 Å². The van der Waals surface area contributed by atoms with Crippen LogP contribution in [-0.4, -0.2) is 38.7 Å². The lowest BCUT2D eigenvalue weighted by Gasteiger charge is -2.36. The number of aromatic nitrogens is 2. The zero-order chi connectivity index (χ0) is 15.2. The number of rotatable bonds is 2. The van der Waals surface area contributed by atoms with Crippen LogP contribution in [0.2, 0.25) is 5.15 Å². The van der Waals surface area contributed by atoms with Gasteiger partial charge in [-0.1, -0.05) is 11.6 Å². The van der Waals surface area contributed by atoms with Crippen LogP contribution < -0.4 is 0 Å². The van der Waals surface area contributed by atoms with Crippen molar-refractivity contribution < 1.29 is 5.11 Å². The lowest BCUT2D eigenvalue weighted by atomic mass is 9.95. The second-order valence-corrected chi connectivity index (χ2v) is 7.77. The summed E-state index contributed by atoms with van der Waals surface area (Å²) in [6.45, 7) is 8.31. The van der Waals surface area contributed by atoms with Crippen LogP contribution in [0.5, 0.6) is 0 Å². The molecule has 1 fully saturated rings. The molecule has 0 spiro atoms. The Morgan fingerprint density at radius 2 is 2.14 bits per heavy atom. The molecule has 3 heterocycles. The van der Waals surface area contributed by atoms with Crippen LogP contribution >= 0.6 is 22.9 Å². The number of aryl methyl sites for hydroxylation is 2. The van der Waals surface area contributed by atoms with Crippen molar-refractivity contribution in [1.29, 1.82) is 0 Å². The van der Waals surface area contributed by atoms with Crippen LogP contribution in [-0.2, 0) is 6.54 Å². The highest BCUT2D eigenvalue weighted by molar-refractivity contribution is 7.18. The Labute approximate surface area is 133 Å². The Balaban J connectivity index is 1.88. The number of β-amino-alcohol motifs (C(OH)–C–C–N with tert-alkyl or cyclic N) is 1. The molecule has 0 aromatic carbocycles. The molecule has 1 N–H and O–H groups in total. The molecule has 1 aliphatic heterocycles. The third kappa shape index (κ3) is 3.06. The van der Waals surface area contributed by atoms with E-state index in [1.165, 1.54) is 10.4 Å². The molecule has 2 aromatic rings. The number of thiophene rings is 1. The fourth-order valence-electron chi connectivity index (χ4n) is 2.97. The molecule has 21 heavy (non-hydrogen) atoms. The van der Waals surface area contributed by atoms with Crippen LogP contribution in [0.25, 0.3) is 10.2 Å². The van der Waals surface area contributed by atoms with Gasteiger partial charge in [-0.15, -0.1) is 11.3 Å². The van der Waals surface area contributed by atoms with Gasteiger partial charge in [-0.25, -0.2) is 9.97 Å². The minimum Gasteiger partial charge on any atom is -0.389 e. The number of likely N-dealkylation sites (tertiary alicyclic amines) is 1. The van der Waals surface area contributed by atoms with Gasteiger partial charge in [-0.3, -0.25) is 4.90 Å². The zero-order valence-corrected chi connectivity index (χ0v) is 14.2. The number of hydrogen-bond donors (Lipinski definition) is 1. The van der Waals surface area contributed by atoms with E-state index in [1.54, 1.807) is 11.3 Å². The predicted molar refractivity (Wildman–Crippen MR) is 87.0 cm³/mol. The standard InChI is InChI=1S/C15H20ClN3OS/c1-9-10(2)21-14-12(9)13(16)17-11(18-14)7-19-6-4-5-15(3,20)8-19/h20H,4-8H2,1-3H3. The van der Waals surface area contributed by atoms with Gasteiger partial charge in [0.1, 0.15) is 15.8 Å². The Hall–Kier alpha value is -0.750. The molecule has 114 valence electrons. The molecule has 0 bridgehead atoms. The van der Waals surface area contributed by atoms with Gasteiger partial charge in [0, 0.05) is 11.4 Å².